The fourth-order valence-electron chi connectivity index (χ4n) is 2.23. The molecule has 1 heterocycles. The average Bonchev–Trinajstić information content (AvgIpc) is 3.05. The molecule has 0 unspecified atom stereocenters. The number of hydrogen-bond donors (Lipinski definition) is 3. The van der Waals surface area contributed by atoms with Gasteiger partial charge in [0.25, 0.3) is 0 Å². The van der Waals surface area contributed by atoms with E-state index < -0.39 is 0 Å². The summed E-state index contributed by atoms with van der Waals surface area (Å²) >= 11 is 4.38. The van der Waals surface area contributed by atoms with Crippen molar-refractivity contribution in [3.8, 4) is 11.3 Å². The van der Waals surface area contributed by atoms with E-state index in [9.17, 15) is 5.11 Å². The Morgan fingerprint density at radius 3 is 2.33 bits per heavy atom. The van der Waals surface area contributed by atoms with Crippen LogP contribution in [-0.2, 0) is 6.61 Å². The Labute approximate surface area is 153 Å². The van der Waals surface area contributed by atoms with Gasteiger partial charge in [-0.1, -0.05) is 23.5 Å². The zero-order valence-corrected chi connectivity index (χ0v) is 15.5. The second-order valence-electron chi connectivity index (χ2n) is 4.94. The summed E-state index contributed by atoms with van der Waals surface area (Å²) in [7, 11) is 0. The summed E-state index contributed by atoms with van der Waals surface area (Å²) in [6.07, 6.45) is 2.05. The van der Waals surface area contributed by atoms with E-state index in [2.05, 4.69) is 22.4 Å². The fourth-order valence-corrected chi connectivity index (χ4v) is 3.79. The molecule has 0 amide bonds. The number of benzene rings is 2. The van der Waals surface area contributed by atoms with Gasteiger partial charge in [0.1, 0.15) is 0 Å². The highest BCUT2D eigenvalue weighted by molar-refractivity contribution is 7.98. The van der Waals surface area contributed by atoms with Crippen molar-refractivity contribution in [3.05, 3.63) is 53.4 Å². The van der Waals surface area contributed by atoms with Crippen LogP contribution in [0.2, 0.25) is 0 Å². The maximum atomic E-state index is 9.65. The van der Waals surface area contributed by atoms with Crippen LogP contribution in [0.3, 0.4) is 0 Å². The molecule has 2 aromatic carbocycles. The number of hydrogen-bond acceptors (Lipinski definition) is 7. The molecule has 0 saturated heterocycles. The highest BCUT2D eigenvalue weighted by Crippen LogP contribution is 2.33. The van der Waals surface area contributed by atoms with Gasteiger partial charge in [0.05, 0.1) is 17.2 Å². The molecular formula is C17H17N3OS3. The minimum atomic E-state index is -0.0261. The third-order valence-corrected chi connectivity index (χ3v) is 5.69. The molecule has 4 nitrogen and oxygen atoms in total. The Bertz CT molecular complexity index is 801. The highest BCUT2D eigenvalue weighted by Gasteiger charge is 2.13. The highest BCUT2D eigenvalue weighted by atomic mass is 32.2. The zero-order chi connectivity index (χ0) is 16.9. The third kappa shape index (κ3) is 3.93. The van der Waals surface area contributed by atoms with E-state index in [0.717, 1.165) is 31.8 Å². The lowest BCUT2D eigenvalue weighted by atomic mass is 10.1. The average molecular weight is 376 g/mol. The largest absolute Gasteiger partial charge is 0.391 e. The normalized spacial score (nSPS) is 10.8. The maximum absolute atomic E-state index is 9.65. The number of aliphatic hydroxyl groups is 1. The van der Waals surface area contributed by atoms with Gasteiger partial charge in [0.15, 0.2) is 5.13 Å². The van der Waals surface area contributed by atoms with E-state index in [1.165, 1.54) is 28.2 Å². The maximum Gasteiger partial charge on any atom is 0.188 e. The minimum Gasteiger partial charge on any atom is -0.391 e. The summed E-state index contributed by atoms with van der Waals surface area (Å²) in [4.78, 5) is 7.72. The Morgan fingerprint density at radius 2 is 1.75 bits per heavy atom. The Balaban J connectivity index is 1.85. The van der Waals surface area contributed by atoms with E-state index >= 15 is 0 Å². The number of anilines is 2. The summed E-state index contributed by atoms with van der Waals surface area (Å²) in [5.74, 6) is 0. The number of thioether (sulfide) groups is 1. The van der Waals surface area contributed by atoms with Crippen LogP contribution in [0.15, 0.2) is 58.3 Å². The monoisotopic (exact) mass is 375 g/mol. The van der Waals surface area contributed by atoms with Crippen LogP contribution in [0.4, 0.5) is 10.8 Å². The first kappa shape index (κ1) is 17.3. The number of rotatable bonds is 6. The van der Waals surface area contributed by atoms with Crippen molar-refractivity contribution in [2.45, 2.75) is 16.4 Å². The molecule has 7 heteroatoms. The Hall–Kier alpha value is -1.51. The van der Waals surface area contributed by atoms with Gasteiger partial charge in [-0.05, 0) is 54.6 Å². The van der Waals surface area contributed by atoms with Crippen LogP contribution in [0.1, 0.15) is 4.88 Å². The first-order chi connectivity index (χ1) is 11.7. The molecule has 0 spiro atoms. The molecule has 0 fully saturated rings. The quantitative estimate of drug-likeness (QED) is 0.427. The fraction of sp³-hybridized carbons (Fsp3) is 0.118. The molecule has 0 aliphatic rings. The summed E-state index contributed by atoms with van der Waals surface area (Å²) in [6.45, 7) is -0.0261. The number of thiazole rings is 1. The molecule has 0 bridgehead atoms. The molecule has 0 aliphatic heterocycles. The van der Waals surface area contributed by atoms with Crippen molar-refractivity contribution in [2.24, 2.45) is 5.14 Å². The molecule has 4 N–H and O–H groups in total. The van der Waals surface area contributed by atoms with Gasteiger partial charge in [-0.15, -0.1) is 11.8 Å². The second-order valence-corrected chi connectivity index (χ2v) is 7.62. The number of nitrogens with two attached hydrogens (primary N) is 1. The molecule has 0 aliphatic carbocycles. The van der Waals surface area contributed by atoms with Crippen LogP contribution in [0.5, 0.6) is 0 Å². The van der Waals surface area contributed by atoms with E-state index in [-0.39, 0.29) is 6.61 Å². The Kier molecular flexibility index (Phi) is 5.80. The number of aliphatic hydroxyl groups excluding tert-OH is 1. The molecule has 3 aromatic rings. The van der Waals surface area contributed by atoms with E-state index in [4.69, 9.17) is 5.14 Å². The summed E-state index contributed by atoms with van der Waals surface area (Å²) in [5, 5.41) is 19.2. The van der Waals surface area contributed by atoms with E-state index in [1.54, 1.807) is 11.8 Å². The van der Waals surface area contributed by atoms with Gasteiger partial charge in [-0.3, -0.25) is 5.14 Å². The number of nitrogens with zero attached hydrogens (tertiary/aromatic N) is 1. The number of nitrogens with one attached hydrogen (secondary N) is 1. The smallest absolute Gasteiger partial charge is 0.188 e. The molecule has 1 aromatic heterocycles. The number of aromatic nitrogens is 1. The third-order valence-electron chi connectivity index (χ3n) is 3.45. The summed E-state index contributed by atoms with van der Waals surface area (Å²) < 4.78 is 0. The first-order valence-electron chi connectivity index (χ1n) is 7.22. The second kappa shape index (κ2) is 8.04. The molecule has 3 rings (SSSR count). The predicted molar refractivity (Wildman–Crippen MR) is 105 cm³/mol. The van der Waals surface area contributed by atoms with Crippen LogP contribution in [0, 0.1) is 0 Å². The van der Waals surface area contributed by atoms with Crippen LogP contribution >= 0.6 is 35.0 Å². The van der Waals surface area contributed by atoms with E-state index in [1.807, 2.05) is 42.7 Å². The van der Waals surface area contributed by atoms with Crippen molar-refractivity contribution in [1.29, 1.82) is 0 Å². The minimum absolute atomic E-state index is 0.0261. The van der Waals surface area contributed by atoms with Gasteiger partial charge in [-0.2, -0.15) is 0 Å². The molecule has 24 heavy (non-hydrogen) atoms. The van der Waals surface area contributed by atoms with Crippen LogP contribution < -0.4 is 10.5 Å². The lowest BCUT2D eigenvalue weighted by molar-refractivity contribution is 0.286. The van der Waals surface area contributed by atoms with Crippen molar-refractivity contribution in [3.63, 3.8) is 0 Å². The lowest BCUT2D eigenvalue weighted by Crippen LogP contribution is -1.90. The lowest BCUT2D eigenvalue weighted by Gasteiger charge is -2.03. The van der Waals surface area contributed by atoms with Crippen molar-refractivity contribution < 1.29 is 5.11 Å². The molecule has 124 valence electrons. The first-order valence-corrected chi connectivity index (χ1v) is 10.1. The van der Waals surface area contributed by atoms with Crippen molar-refractivity contribution in [2.75, 3.05) is 11.6 Å². The summed E-state index contributed by atoms with van der Waals surface area (Å²) in [5.41, 5.74) is 2.78. The molecule has 0 radical (unpaired) electrons. The van der Waals surface area contributed by atoms with Gasteiger partial charge < -0.3 is 10.4 Å². The van der Waals surface area contributed by atoms with Crippen molar-refractivity contribution >= 4 is 45.9 Å². The van der Waals surface area contributed by atoms with Gasteiger partial charge in [0, 0.05) is 21.0 Å². The van der Waals surface area contributed by atoms with Gasteiger partial charge in [-0.25, -0.2) is 4.98 Å². The van der Waals surface area contributed by atoms with E-state index in [0.29, 0.717) is 0 Å². The van der Waals surface area contributed by atoms with Crippen LogP contribution in [-0.4, -0.2) is 16.3 Å². The molecule has 0 saturated carbocycles. The zero-order valence-electron chi connectivity index (χ0n) is 13.0. The topological polar surface area (TPSA) is 71.2 Å². The molecule has 0 atom stereocenters. The molecular weight excluding hydrogens is 358 g/mol. The predicted octanol–water partition coefficient (Wildman–Crippen LogP) is 4.73. The van der Waals surface area contributed by atoms with Crippen LogP contribution in [0.25, 0.3) is 11.3 Å². The SMILES string of the molecule is CSc1ccc(-c2nc(Nc3ccc(SN)cc3)sc2CO)cc1. The van der Waals surface area contributed by atoms with Gasteiger partial charge in [0.2, 0.25) is 0 Å². The van der Waals surface area contributed by atoms with Crippen molar-refractivity contribution in [1.82, 2.24) is 4.98 Å². The Morgan fingerprint density at radius 1 is 1.08 bits per heavy atom. The van der Waals surface area contributed by atoms with Gasteiger partial charge >= 0.3 is 0 Å². The standard InChI is InChI=1S/C17H17N3OS3/c1-22-13-6-2-11(3-7-13)16-15(10-21)23-17(20-16)19-12-4-8-14(24-18)9-5-12/h2-9,21H,10,18H2,1H3,(H,19,20). The summed E-state index contributed by atoms with van der Waals surface area (Å²) in [6, 6.07) is 16.0.